The highest BCUT2D eigenvalue weighted by Gasteiger charge is 2.30. The Hall–Kier alpha value is -1.01. The molecule has 134 valence electrons. The van der Waals surface area contributed by atoms with Gasteiger partial charge in [0.15, 0.2) is 0 Å². The Morgan fingerprint density at radius 2 is 1.75 bits per heavy atom. The van der Waals surface area contributed by atoms with Gasteiger partial charge in [0.1, 0.15) is 5.60 Å². The van der Waals surface area contributed by atoms with E-state index in [4.69, 9.17) is 33.7 Å². The molecule has 2 rings (SSSR count). The lowest BCUT2D eigenvalue weighted by Gasteiger charge is -2.39. The molecule has 5 nitrogen and oxygen atoms in total. The van der Waals surface area contributed by atoms with Gasteiger partial charge in [-0.05, 0) is 32.9 Å². The molecule has 0 spiro atoms. The lowest BCUT2D eigenvalue weighted by molar-refractivity contribution is 0.0106. The number of rotatable bonds is 3. The van der Waals surface area contributed by atoms with Crippen LogP contribution in [-0.4, -0.2) is 54.2 Å². The van der Waals surface area contributed by atoms with Crippen LogP contribution in [0.25, 0.3) is 0 Å². The van der Waals surface area contributed by atoms with Gasteiger partial charge in [-0.15, -0.1) is 0 Å². The van der Waals surface area contributed by atoms with Crippen molar-refractivity contribution >= 4 is 29.3 Å². The molecule has 1 heterocycles. The fraction of sp³-hybridized carbons (Fsp3) is 0.588. The van der Waals surface area contributed by atoms with Crippen molar-refractivity contribution in [3.63, 3.8) is 0 Å². The molecule has 2 N–H and O–H groups in total. The highest BCUT2D eigenvalue weighted by atomic mass is 35.5. The summed E-state index contributed by atoms with van der Waals surface area (Å²) < 4.78 is 5.42. The molecule has 0 bridgehead atoms. The highest BCUT2D eigenvalue weighted by molar-refractivity contribution is 6.36. The first kappa shape index (κ1) is 19.3. The van der Waals surface area contributed by atoms with Gasteiger partial charge in [0.25, 0.3) is 0 Å². The average molecular weight is 374 g/mol. The molecule has 1 aromatic rings. The summed E-state index contributed by atoms with van der Waals surface area (Å²) in [5, 5.41) is 1.24. The summed E-state index contributed by atoms with van der Waals surface area (Å²) in [6.07, 6.45) is -0.276. The van der Waals surface area contributed by atoms with E-state index >= 15 is 0 Å². The molecule has 1 fully saturated rings. The first-order valence-corrected chi connectivity index (χ1v) is 8.84. The SMILES string of the molecule is CC(C)(C)OC(=O)N1CCN(C(CN)c2c(Cl)cccc2Cl)CC1. The second-order valence-electron chi connectivity index (χ2n) is 6.89. The number of carbonyl (C=O) groups excluding carboxylic acids is 1. The van der Waals surface area contributed by atoms with Crippen molar-refractivity contribution in [2.24, 2.45) is 5.73 Å². The summed E-state index contributed by atoms with van der Waals surface area (Å²) in [6, 6.07) is 5.40. The molecule has 1 aliphatic rings. The second kappa shape index (κ2) is 7.91. The summed E-state index contributed by atoms with van der Waals surface area (Å²) in [7, 11) is 0. The van der Waals surface area contributed by atoms with Crippen LogP contribution in [0.15, 0.2) is 18.2 Å². The summed E-state index contributed by atoms with van der Waals surface area (Å²) >= 11 is 12.6. The largest absolute Gasteiger partial charge is 0.444 e. The Bertz CT molecular complexity index is 561. The van der Waals surface area contributed by atoms with Crippen LogP contribution in [0.1, 0.15) is 32.4 Å². The Labute approximate surface area is 153 Å². The van der Waals surface area contributed by atoms with E-state index in [2.05, 4.69) is 4.90 Å². The van der Waals surface area contributed by atoms with Crippen molar-refractivity contribution in [3.8, 4) is 0 Å². The summed E-state index contributed by atoms with van der Waals surface area (Å²) in [4.78, 5) is 16.1. The molecule has 24 heavy (non-hydrogen) atoms. The molecule has 1 aliphatic heterocycles. The highest BCUT2D eigenvalue weighted by Crippen LogP contribution is 2.33. The standard InChI is InChI=1S/C17H25Cl2N3O2/c1-17(2,3)24-16(23)22-9-7-21(8-10-22)14(11-20)15-12(18)5-4-6-13(15)19/h4-6,14H,7-11,20H2,1-3H3. The zero-order valence-electron chi connectivity index (χ0n) is 14.4. The molecule has 1 amide bonds. The van der Waals surface area contributed by atoms with Crippen LogP contribution in [0.3, 0.4) is 0 Å². The minimum Gasteiger partial charge on any atom is -0.444 e. The van der Waals surface area contributed by atoms with Crippen molar-refractivity contribution in [2.45, 2.75) is 32.4 Å². The summed E-state index contributed by atoms with van der Waals surface area (Å²) in [5.74, 6) is 0. The van der Waals surface area contributed by atoms with Crippen LogP contribution < -0.4 is 5.73 Å². The Morgan fingerprint density at radius 3 is 2.21 bits per heavy atom. The third-order valence-corrected chi connectivity index (χ3v) is 4.62. The van der Waals surface area contributed by atoms with E-state index in [1.165, 1.54) is 0 Å². The van der Waals surface area contributed by atoms with E-state index in [1.807, 2.05) is 39.0 Å². The molecule has 0 aliphatic carbocycles. The quantitative estimate of drug-likeness (QED) is 0.879. The number of ether oxygens (including phenoxy) is 1. The number of amides is 1. The van der Waals surface area contributed by atoms with E-state index in [0.29, 0.717) is 42.8 Å². The first-order valence-electron chi connectivity index (χ1n) is 8.09. The van der Waals surface area contributed by atoms with Gasteiger partial charge in [-0.3, -0.25) is 4.90 Å². The van der Waals surface area contributed by atoms with Gasteiger partial charge in [-0.2, -0.15) is 0 Å². The fourth-order valence-electron chi connectivity index (χ4n) is 2.82. The minimum absolute atomic E-state index is 0.0630. The molecule has 0 saturated carbocycles. The van der Waals surface area contributed by atoms with E-state index in [0.717, 1.165) is 5.56 Å². The number of benzene rings is 1. The van der Waals surface area contributed by atoms with Crippen LogP contribution in [-0.2, 0) is 4.74 Å². The molecule has 1 aromatic carbocycles. The topological polar surface area (TPSA) is 58.8 Å². The van der Waals surface area contributed by atoms with Crippen molar-refractivity contribution in [3.05, 3.63) is 33.8 Å². The predicted molar refractivity (Wildman–Crippen MR) is 97.6 cm³/mol. The third-order valence-electron chi connectivity index (χ3n) is 3.96. The number of piperazine rings is 1. The maximum absolute atomic E-state index is 12.2. The Kier molecular flexibility index (Phi) is 6.37. The van der Waals surface area contributed by atoms with Crippen molar-refractivity contribution in [1.29, 1.82) is 0 Å². The molecular weight excluding hydrogens is 349 g/mol. The first-order chi connectivity index (χ1) is 11.2. The van der Waals surface area contributed by atoms with Gasteiger partial charge < -0.3 is 15.4 Å². The zero-order valence-corrected chi connectivity index (χ0v) is 15.9. The van der Waals surface area contributed by atoms with Gasteiger partial charge in [0, 0.05) is 48.3 Å². The van der Waals surface area contributed by atoms with Gasteiger partial charge in [0.05, 0.1) is 6.04 Å². The Balaban J connectivity index is 2.04. The van der Waals surface area contributed by atoms with Crippen molar-refractivity contribution in [1.82, 2.24) is 9.80 Å². The van der Waals surface area contributed by atoms with Crippen molar-refractivity contribution < 1.29 is 9.53 Å². The lowest BCUT2D eigenvalue weighted by atomic mass is 10.0. The number of nitrogens with two attached hydrogens (primary N) is 1. The van der Waals surface area contributed by atoms with Gasteiger partial charge in [-0.1, -0.05) is 29.3 Å². The second-order valence-corrected chi connectivity index (χ2v) is 7.70. The van der Waals surface area contributed by atoms with Gasteiger partial charge in [0.2, 0.25) is 0 Å². The lowest BCUT2D eigenvalue weighted by Crippen LogP contribution is -2.51. The van der Waals surface area contributed by atoms with E-state index in [-0.39, 0.29) is 12.1 Å². The number of hydrogen-bond acceptors (Lipinski definition) is 4. The predicted octanol–water partition coefficient (Wildman–Crippen LogP) is 3.55. The Morgan fingerprint density at radius 1 is 1.21 bits per heavy atom. The van der Waals surface area contributed by atoms with Crippen LogP contribution in [0.5, 0.6) is 0 Å². The van der Waals surface area contributed by atoms with Crippen LogP contribution in [0, 0.1) is 0 Å². The fourth-order valence-corrected chi connectivity index (χ4v) is 3.47. The third kappa shape index (κ3) is 4.76. The van der Waals surface area contributed by atoms with E-state index in [9.17, 15) is 4.79 Å². The molecule has 0 radical (unpaired) electrons. The van der Waals surface area contributed by atoms with Crippen LogP contribution in [0.4, 0.5) is 4.79 Å². The maximum atomic E-state index is 12.2. The summed E-state index contributed by atoms with van der Waals surface area (Å²) in [6.45, 7) is 8.59. The van der Waals surface area contributed by atoms with Crippen LogP contribution >= 0.6 is 23.2 Å². The molecule has 7 heteroatoms. The smallest absolute Gasteiger partial charge is 0.410 e. The normalized spacial score (nSPS) is 17.7. The van der Waals surface area contributed by atoms with E-state index in [1.54, 1.807) is 4.90 Å². The van der Waals surface area contributed by atoms with E-state index < -0.39 is 5.60 Å². The molecule has 0 aromatic heterocycles. The monoisotopic (exact) mass is 373 g/mol. The molecule has 1 atom stereocenters. The summed E-state index contributed by atoms with van der Waals surface area (Å²) in [5.41, 5.74) is 6.36. The zero-order chi connectivity index (χ0) is 17.9. The van der Waals surface area contributed by atoms with Gasteiger partial charge >= 0.3 is 6.09 Å². The number of hydrogen-bond donors (Lipinski definition) is 1. The number of carbonyl (C=O) groups is 1. The minimum atomic E-state index is -0.487. The van der Waals surface area contributed by atoms with Crippen LogP contribution in [0.2, 0.25) is 10.0 Å². The van der Waals surface area contributed by atoms with Gasteiger partial charge in [-0.25, -0.2) is 4.79 Å². The number of nitrogens with zero attached hydrogens (tertiary/aromatic N) is 2. The number of halogens is 2. The molecule has 1 unspecified atom stereocenters. The molecule has 1 saturated heterocycles. The maximum Gasteiger partial charge on any atom is 0.410 e. The molecular formula is C17H25Cl2N3O2. The average Bonchev–Trinajstić information content (AvgIpc) is 2.49. The van der Waals surface area contributed by atoms with Crippen molar-refractivity contribution in [2.75, 3.05) is 32.7 Å².